The molecule has 0 radical (unpaired) electrons. The van der Waals surface area contributed by atoms with Crippen LogP contribution in [0, 0.1) is 0 Å². The Morgan fingerprint density at radius 2 is 2.00 bits per heavy atom. The molecule has 23 heavy (non-hydrogen) atoms. The van der Waals surface area contributed by atoms with E-state index in [4.69, 9.17) is 9.47 Å². The zero-order valence-electron chi connectivity index (χ0n) is 14.2. The van der Waals surface area contributed by atoms with Gasteiger partial charge in [0.15, 0.2) is 0 Å². The smallest absolute Gasteiger partial charge is 0.222 e. The van der Waals surface area contributed by atoms with E-state index in [2.05, 4.69) is 10.6 Å². The summed E-state index contributed by atoms with van der Waals surface area (Å²) in [5.41, 5.74) is 0. The monoisotopic (exact) mass is 326 g/mol. The Morgan fingerprint density at radius 3 is 2.65 bits per heavy atom. The normalized spacial score (nSPS) is 37.5. The highest BCUT2D eigenvalue weighted by Crippen LogP contribution is 2.35. The molecular weight excluding hydrogens is 296 g/mol. The molecule has 2 aliphatic heterocycles. The van der Waals surface area contributed by atoms with E-state index in [1.165, 1.54) is 25.7 Å². The highest BCUT2D eigenvalue weighted by molar-refractivity contribution is 5.76. The minimum Gasteiger partial charge on any atom is -0.388 e. The van der Waals surface area contributed by atoms with Gasteiger partial charge < -0.3 is 25.2 Å². The second-order valence-corrected chi connectivity index (χ2v) is 7.48. The number of carbonyl (C=O) groups is 1. The number of rotatable bonds is 6. The van der Waals surface area contributed by atoms with E-state index in [0.29, 0.717) is 25.4 Å². The van der Waals surface area contributed by atoms with Crippen molar-refractivity contribution in [3.8, 4) is 0 Å². The van der Waals surface area contributed by atoms with E-state index in [-0.39, 0.29) is 36.4 Å². The molecule has 0 aromatic heterocycles. The fourth-order valence-corrected chi connectivity index (χ4v) is 4.01. The molecule has 0 aromatic carbocycles. The van der Waals surface area contributed by atoms with Crippen molar-refractivity contribution in [1.82, 2.24) is 10.6 Å². The predicted molar refractivity (Wildman–Crippen MR) is 86.1 cm³/mol. The van der Waals surface area contributed by atoms with Gasteiger partial charge in [-0.15, -0.1) is 0 Å². The van der Waals surface area contributed by atoms with E-state index in [9.17, 15) is 9.90 Å². The Hall–Kier alpha value is -0.690. The van der Waals surface area contributed by atoms with Crippen molar-refractivity contribution in [3.05, 3.63) is 0 Å². The van der Waals surface area contributed by atoms with E-state index < -0.39 is 6.10 Å². The number of fused-ring (bicyclic) bond motifs is 1. The average molecular weight is 326 g/mol. The summed E-state index contributed by atoms with van der Waals surface area (Å²) in [5.74, 6) is -0.00101. The maximum atomic E-state index is 11.8. The van der Waals surface area contributed by atoms with Crippen LogP contribution in [0.1, 0.15) is 52.4 Å². The summed E-state index contributed by atoms with van der Waals surface area (Å²) in [4.78, 5) is 11.8. The van der Waals surface area contributed by atoms with Crippen LogP contribution in [0.2, 0.25) is 0 Å². The fourth-order valence-electron chi connectivity index (χ4n) is 4.01. The maximum Gasteiger partial charge on any atom is 0.222 e. The van der Waals surface area contributed by atoms with Crippen molar-refractivity contribution in [2.24, 2.45) is 0 Å². The number of hydrogen-bond acceptors (Lipinski definition) is 5. The van der Waals surface area contributed by atoms with Crippen molar-refractivity contribution < 1.29 is 19.4 Å². The van der Waals surface area contributed by atoms with Gasteiger partial charge in [0, 0.05) is 25.0 Å². The second kappa shape index (κ2) is 7.47. The van der Waals surface area contributed by atoms with Crippen molar-refractivity contribution >= 4 is 5.91 Å². The predicted octanol–water partition coefficient (Wildman–Crippen LogP) is 0.719. The van der Waals surface area contributed by atoms with Crippen molar-refractivity contribution in [3.63, 3.8) is 0 Å². The quantitative estimate of drug-likeness (QED) is 0.670. The molecule has 3 N–H and O–H groups in total. The number of amides is 1. The molecule has 2 saturated heterocycles. The van der Waals surface area contributed by atoms with Gasteiger partial charge >= 0.3 is 0 Å². The van der Waals surface area contributed by atoms with Gasteiger partial charge in [0.1, 0.15) is 12.2 Å². The van der Waals surface area contributed by atoms with Crippen LogP contribution in [0.25, 0.3) is 0 Å². The maximum absolute atomic E-state index is 11.8. The topological polar surface area (TPSA) is 79.8 Å². The molecular formula is C17H30N2O4. The van der Waals surface area contributed by atoms with Crippen LogP contribution in [-0.4, -0.2) is 60.2 Å². The van der Waals surface area contributed by atoms with E-state index in [0.717, 1.165) is 0 Å². The lowest BCUT2D eigenvalue weighted by molar-refractivity contribution is -0.125. The molecule has 6 nitrogen and oxygen atoms in total. The third-order valence-electron chi connectivity index (χ3n) is 5.10. The van der Waals surface area contributed by atoms with Gasteiger partial charge in [0.05, 0.1) is 24.7 Å². The lowest BCUT2D eigenvalue weighted by Gasteiger charge is -2.22. The molecule has 0 aromatic rings. The second-order valence-electron chi connectivity index (χ2n) is 7.48. The molecule has 3 rings (SSSR count). The zero-order chi connectivity index (χ0) is 16.4. The third-order valence-corrected chi connectivity index (χ3v) is 5.10. The Morgan fingerprint density at radius 1 is 1.26 bits per heavy atom. The number of carbonyl (C=O) groups excluding carboxylic acids is 1. The van der Waals surface area contributed by atoms with Crippen LogP contribution in [0.15, 0.2) is 0 Å². The van der Waals surface area contributed by atoms with Crippen LogP contribution in [0.4, 0.5) is 0 Å². The molecule has 1 amide bonds. The summed E-state index contributed by atoms with van der Waals surface area (Å²) in [6, 6.07) is 0.705. The zero-order valence-corrected chi connectivity index (χ0v) is 14.2. The molecule has 0 bridgehead atoms. The van der Waals surface area contributed by atoms with Gasteiger partial charge in [-0.1, -0.05) is 12.8 Å². The van der Waals surface area contributed by atoms with E-state index in [1.807, 2.05) is 13.8 Å². The molecule has 6 heteroatoms. The minimum atomic E-state index is -0.605. The first-order valence-electron chi connectivity index (χ1n) is 9.04. The van der Waals surface area contributed by atoms with Crippen LogP contribution < -0.4 is 10.6 Å². The molecule has 2 heterocycles. The Bertz CT molecular complexity index is 411. The van der Waals surface area contributed by atoms with Crippen LogP contribution >= 0.6 is 0 Å². The SMILES string of the molecule is CC(C)NC(=O)C[C@@H]1C[C@H]2O[C@H](CNC3CCCC3)[C@@H](O)[C@H]2O1. The number of hydrogen-bond donors (Lipinski definition) is 3. The van der Waals surface area contributed by atoms with Crippen LogP contribution in [0.5, 0.6) is 0 Å². The van der Waals surface area contributed by atoms with Crippen molar-refractivity contribution in [2.45, 2.75) is 95.0 Å². The molecule has 1 aliphatic carbocycles. The summed E-state index contributed by atoms with van der Waals surface area (Å²) < 4.78 is 11.9. The molecule has 3 fully saturated rings. The summed E-state index contributed by atoms with van der Waals surface area (Å²) in [5, 5.41) is 16.8. The highest BCUT2D eigenvalue weighted by atomic mass is 16.6. The standard InChI is InChI=1S/C17H30N2O4/c1-10(2)19-15(20)8-12-7-13-17(22-12)16(21)14(23-13)9-18-11-5-3-4-6-11/h10-14,16-18,21H,3-9H2,1-2H3,(H,19,20)/t12-,13+,14+,16+,17-/m0/s1. The van der Waals surface area contributed by atoms with Crippen LogP contribution in [-0.2, 0) is 14.3 Å². The molecule has 132 valence electrons. The van der Waals surface area contributed by atoms with E-state index in [1.54, 1.807) is 0 Å². The molecule has 3 aliphatic rings. The number of ether oxygens (including phenoxy) is 2. The van der Waals surface area contributed by atoms with Crippen LogP contribution in [0.3, 0.4) is 0 Å². The summed E-state index contributed by atoms with van der Waals surface area (Å²) >= 11 is 0. The van der Waals surface area contributed by atoms with Gasteiger partial charge in [0.25, 0.3) is 0 Å². The Kier molecular flexibility index (Phi) is 5.57. The number of aliphatic hydroxyl groups is 1. The van der Waals surface area contributed by atoms with Gasteiger partial charge in [-0.2, -0.15) is 0 Å². The minimum absolute atomic E-state index is 0.00101. The number of nitrogens with one attached hydrogen (secondary N) is 2. The Labute approximate surface area is 138 Å². The third kappa shape index (κ3) is 4.24. The summed E-state index contributed by atoms with van der Waals surface area (Å²) in [6.45, 7) is 4.56. The van der Waals surface area contributed by atoms with Gasteiger partial charge in [-0.05, 0) is 26.7 Å². The lowest BCUT2D eigenvalue weighted by Crippen LogP contribution is -2.41. The first kappa shape index (κ1) is 17.1. The average Bonchev–Trinajstić information content (AvgIpc) is 3.15. The highest BCUT2D eigenvalue weighted by Gasteiger charge is 2.50. The number of aliphatic hydroxyl groups excluding tert-OH is 1. The largest absolute Gasteiger partial charge is 0.388 e. The Balaban J connectivity index is 1.42. The van der Waals surface area contributed by atoms with Crippen molar-refractivity contribution in [2.75, 3.05) is 6.54 Å². The van der Waals surface area contributed by atoms with E-state index >= 15 is 0 Å². The first-order chi connectivity index (χ1) is 11.0. The molecule has 5 atom stereocenters. The van der Waals surface area contributed by atoms with Gasteiger partial charge in [-0.25, -0.2) is 0 Å². The summed E-state index contributed by atoms with van der Waals surface area (Å²) in [6.07, 6.45) is 4.72. The molecule has 0 spiro atoms. The van der Waals surface area contributed by atoms with Gasteiger partial charge in [0.2, 0.25) is 5.91 Å². The van der Waals surface area contributed by atoms with Gasteiger partial charge in [-0.3, -0.25) is 4.79 Å². The van der Waals surface area contributed by atoms with Crippen molar-refractivity contribution in [1.29, 1.82) is 0 Å². The molecule has 1 saturated carbocycles. The molecule has 0 unspecified atom stereocenters. The lowest BCUT2D eigenvalue weighted by atomic mass is 10.1. The fraction of sp³-hybridized carbons (Fsp3) is 0.941. The summed E-state index contributed by atoms with van der Waals surface area (Å²) in [7, 11) is 0. The first-order valence-corrected chi connectivity index (χ1v) is 9.04.